The maximum Gasteiger partial charge on any atom is 0.313 e. The maximum absolute atomic E-state index is 12.2. The number of hydrogen-bond donors (Lipinski definition) is 0. The van der Waals surface area contributed by atoms with Crippen LogP contribution in [0.4, 0.5) is 0 Å². The molecule has 4 heteroatoms. The van der Waals surface area contributed by atoms with E-state index in [4.69, 9.17) is 9.47 Å². The lowest BCUT2D eigenvalue weighted by Gasteiger charge is -2.19. The van der Waals surface area contributed by atoms with Crippen molar-refractivity contribution < 1.29 is 19.1 Å². The smallest absolute Gasteiger partial charge is 0.313 e. The Morgan fingerprint density at radius 1 is 0.750 bits per heavy atom. The molecular weight excluding hydrogens is 304 g/mol. The van der Waals surface area contributed by atoms with Gasteiger partial charge in [0.05, 0.1) is 25.0 Å². The summed E-state index contributed by atoms with van der Waals surface area (Å²) in [6, 6.07) is 0. The molecule has 0 N–H and O–H groups in total. The normalized spacial score (nSPS) is 12.9. The van der Waals surface area contributed by atoms with Crippen LogP contribution in [-0.4, -0.2) is 25.2 Å². The molecule has 0 saturated carbocycles. The second-order valence-electron chi connectivity index (χ2n) is 5.98. The van der Waals surface area contributed by atoms with Crippen LogP contribution in [0.1, 0.15) is 65.2 Å². The van der Waals surface area contributed by atoms with Gasteiger partial charge in [0.2, 0.25) is 0 Å². The largest absolute Gasteiger partial charge is 0.465 e. The minimum Gasteiger partial charge on any atom is -0.465 e. The molecule has 0 rings (SSSR count). The SMILES string of the molecule is C=CC(C(=O)OCCCCCC)C(C=C)C(=O)OCCCCCC. The number of ether oxygens (including phenoxy) is 2. The van der Waals surface area contributed by atoms with E-state index >= 15 is 0 Å². The summed E-state index contributed by atoms with van der Waals surface area (Å²) >= 11 is 0. The zero-order valence-electron chi connectivity index (χ0n) is 15.4. The van der Waals surface area contributed by atoms with Gasteiger partial charge >= 0.3 is 11.9 Å². The first-order chi connectivity index (χ1) is 11.6. The standard InChI is InChI=1S/C20H34O4/c1-5-9-11-13-15-23-19(21)17(7-3)18(8-4)20(22)24-16-14-12-10-6-2/h7-8,17-18H,3-6,9-16H2,1-2H3. The van der Waals surface area contributed by atoms with Gasteiger partial charge in [0.25, 0.3) is 0 Å². The van der Waals surface area contributed by atoms with Crippen molar-refractivity contribution in [2.45, 2.75) is 65.2 Å². The lowest BCUT2D eigenvalue weighted by Crippen LogP contribution is -2.30. The van der Waals surface area contributed by atoms with Crippen LogP contribution in [0.2, 0.25) is 0 Å². The summed E-state index contributed by atoms with van der Waals surface area (Å²) < 4.78 is 10.5. The van der Waals surface area contributed by atoms with Gasteiger partial charge < -0.3 is 9.47 Å². The van der Waals surface area contributed by atoms with Crippen molar-refractivity contribution in [3.05, 3.63) is 25.3 Å². The molecule has 0 aromatic heterocycles. The predicted octanol–water partition coefficient (Wildman–Crippen LogP) is 4.84. The van der Waals surface area contributed by atoms with E-state index in [1.54, 1.807) is 0 Å². The van der Waals surface area contributed by atoms with Crippen molar-refractivity contribution in [2.75, 3.05) is 13.2 Å². The summed E-state index contributed by atoms with van der Waals surface area (Å²) in [6.45, 7) is 12.3. The van der Waals surface area contributed by atoms with Crippen LogP contribution in [0.5, 0.6) is 0 Å². The summed E-state index contributed by atoms with van der Waals surface area (Å²) in [5, 5.41) is 0. The molecule has 24 heavy (non-hydrogen) atoms. The van der Waals surface area contributed by atoms with Gasteiger partial charge in [-0.3, -0.25) is 9.59 Å². The number of hydrogen-bond acceptors (Lipinski definition) is 4. The van der Waals surface area contributed by atoms with Crippen LogP contribution < -0.4 is 0 Å². The van der Waals surface area contributed by atoms with Crippen LogP contribution >= 0.6 is 0 Å². The highest BCUT2D eigenvalue weighted by molar-refractivity contribution is 5.84. The van der Waals surface area contributed by atoms with Gasteiger partial charge in [-0.2, -0.15) is 0 Å². The highest BCUT2D eigenvalue weighted by Gasteiger charge is 2.31. The first kappa shape index (κ1) is 22.4. The van der Waals surface area contributed by atoms with Gasteiger partial charge in [-0.25, -0.2) is 0 Å². The molecule has 0 aromatic carbocycles. The number of unbranched alkanes of at least 4 members (excludes halogenated alkanes) is 6. The minimum atomic E-state index is -0.739. The fraction of sp³-hybridized carbons (Fsp3) is 0.700. The van der Waals surface area contributed by atoms with Crippen LogP contribution in [0.15, 0.2) is 25.3 Å². The fourth-order valence-electron chi connectivity index (χ4n) is 2.37. The Hall–Kier alpha value is -1.58. The molecule has 0 aliphatic rings. The number of carbonyl (C=O) groups is 2. The Labute approximate surface area is 147 Å². The van der Waals surface area contributed by atoms with Crippen molar-refractivity contribution >= 4 is 11.9 Å². The Morgan fingerprint density at radius 3 is 1.42 bits per heavy atom. The monoisotopic (exact) mass is 338 g/mol. The van der Waals surface area contributed by atoms with Gasteiger partial charge in [0, 0.05) is 0 Å². The quantitative estimate of drug-likeness (QED) is 0.244. The average Bonchev–Trinajstić information content (AvgIpc) is 2.58. The summed E-state index contributed by atoms with van der Waals surface area (Å²) in [7, 11) is 0. The van der Waals surface area contributed by atoms with Crippen LogP contribution in [0, 0.1) is 11.8 Å². The summed E-state index contributed by atoms with van der Waals surface area (Å²) in [4.78, 5) is 24.4. The second kappa shape index (κ2) is 15.0. The van der Waals surface area contributed by atoms with Crippen molar-refractivity contribution in [1.29, 1.82) is 0 Å². The molecule has 0 fully saturated rings. The van der Waals surface area contributed by atoms with Gasteiger partial charge in [-0.1, -0.05) is 64.5 Å². The summed E-state index contributed by atoms with van der Waals surface area (Å²) in [5.41, 5.74) is 0. The number of esters is 2. The summed E-state index contributed by atoms with van der Waals surface area (Å²) in [5.74, 6) is -2.35. The first-order valence-electron chi connectivity index (χ1n) is 9.20. The topological polar surface area (TPSA) is 52.6 Å². The average molecular weight is 338 g/mol. The van der Waals surface area contributed by atoms with E-state index in [1.807, 2.05) is 0 Å². The Morgan fingerprint density at radius 2 is 1.12 bits per heavy atom. The van der Waals surface area contributed by atoms with E-state index in [0.717, 1.165) is 51.4 Å². The molecule has 4 nitrogen and oxygen atoms in total. The molecule has 2 atom stereocenters. The molecule has 0 heterocycles. The molecule has 0 aliphatic heterocycles. The predicted molar refractivity (Wildman–Crippen MR) is 97.6 cm³/mol. The van der Waals surface area contributed by atoms with Crippen LogP contribution in [0.25, 0.3) is 0 Å². The Kier molecular flexibility index (Phi) is 14.0. The third-order valence-corrected chi connectivity index (χ3v) is 3.92. The van der Waals surface area contributed by atoms with Crippen molar-refractivity contribution in [1.82, 2.24) is 0 Å². The molecular formula is C20H34O4. The van der Waals surface area contributed by atoms with Crippen LogP contribution in [0.3, 0.4) is 0 Å². The van der Waals surface area contributed by atoms with Crippen molar-refractivity contribution in [3.8, 4) is 0 Å². The number of carbonyl (C=O) groups excluding carboxylic acids is 2. The minimum absolute atomic E-state index is 0.374. The Balaban J connectivity index is 4.34. The molecule has 0 saturated heterocycles. The summed E-state index contributed by atoms with van der Waals surface area (Å²) in [6.07, 6.45) is 11.1. The molecule has 138 valence electrons. The van der Waals surface area contributed by atoms with Crippen molar-refractivity contribution in [2.24, 2.45) is 11.8 Å². The van der Waals surface area contributed by atoms with E-state index in [-0.39, 0.29) is 0 Å². The van der Waals surface area contributed by atoms with E-state index in [9.17, 15) is 9.59 Å². The van der Waals surface area contributed by atoms with E-state index < -0.39 is 23.8 Å². The van der Waals surface area contributed by atoms with E-state index in [2.05, 4.69) is 27.0 Å². The molecule has 0 radical (unpaired) electrons. The zero-order chi connectivity index (χ0) is 18.2. The highest BCUT2D eigenvalue weighted by Crippen LogP contribution is 2.19. The number of rotatable bonds is 15. The third kappa shape index (κ3) is 9.53. The van der Waals surface area contributed by atoms with Crippen LogP contribution in [-0.2, 0) is 19.1 Å². The van der Waals surface area contributed by atoms with E-state index in [1.165, 1.54) is 12.2 Å². The third-order valence-electron chi connectivity index (χ3n) is 3.92. The lowest BCUT2D eigenvalue weighted by molar-refractivity contribution is -0.157. The molecule has 0 bridgehead atoms. The molecule has 2 unspecified atom stereocenters. The second-order valence-corrected chi connectivity index (χ2v) is 5.98. The highest BCUT2D eigenvalue weighted by atomic mass is 16.5. The van der Waals surface area contributed by atoms with Crippen molar-refractivity contribution in [3.63, 3.8) is 0 Å². The van der Waals surface area contributed by atoms with Gasteiger partial charge in [-0.15, -0.1) is 13.2 Å². The zero-order valence-corrected chi connectivity index (χ0v) is 15.4. The van der Waals surface area contributed by atoms with Gasteiger partial charge in [-0.05, 0) is 12.8 Å². The van der Waals surface area contributed by atoms with Gasteiger partial charge in [0.15, 0.2) is 0 Å². The fourth-order valence-corrected chi connectivity index (χ4v) is 2.37. The maximum atomic E-state index is 12.2. The molecule has 0 aliphatic carbocycles. The van der Waals surface area contributed by atoms with E-state index in [0.29, 0.717) is 13.2 Å². The first-order valence-corrected chi connectivity index (χ1v) is 9.20. The van der Waals surface area contributed by atoms with Gasteiger partial charge in [0.1, 0.15) is 0 Å². The lowest BCUT2D eigenvalue weighted by atomic mass is 9.92. The molecule has 0 aromatic rings. The molecule has 0 amide bonds. The molecule has 0 spiro atoms. The Bertz CT molecular complexity index is 340.